The Morgan fingerprint density at radius 1 is 0.765 bits per heavy atom. The maximum Gasteiger partial charge on any atom is 0.188 e. The Labute approximate surface area is 110 Å². The second kappa shape index (κ2) is 10.9. The smallest absolute Gasteiger partial charge is 0.188 e. The fourth-order valence-corrected chi connectivity index (χ4v) is 2.91. The van der Waals surface area contributed by atoms with Gasteiger partial charge < -0.3 is 0 Å². The van der Waals surface area contributed by atoms with Crippen LogP contribution in [0.1, 0.15) is 70.6 Å². The predicted molar refractivity (Wildman–Crippen MR) is 77.4 cm³/mol. The molecule has 0 saturated carbocycles. The van der Waals surface area contributed by atoms with Crippen molar-refractivity contribution < 1.29 is 4.79 Å². The summed E-state index contributed by atoms with van der Waals surface area (Å²) in [4.78, 5) is 11.5. The highest BCUT2D eigenvalue weighted by molar-refractivity contribution is 8.13. The maximum atomic E-state index is 11.5. The van der Waals surface area contributed by atoms with Crippen molar-refractivity contribution in [3.8, 4) is 0 Å². The number of hydrogen-bond acceptors (Lipinski definition) is 2. The average molecular weight is 254 g/mol. The molecule has 1 heterocycles. The Morgan fingerprint density at radius 3 is 2.12 bits per heavy atom. The summed E-state index contributed by atoms with van der Waals surface area (Å²) < 4.78 is 0. The van der Waals surface area contributed by atoms with Crippen molar-refractivity contribution in [2.75, 3.05) is 5.75 Å². The first kappa shape index (κ1) is 14.8. The normalized spacial score (nSPS) is 22.5. The number of rotatable bonds is 0. The van der Waals surface area contributed by atoms with E-state index in [9.17, 15) is 4.79 Å². The molecule has 0 aromatic rings. The molecule has 0 atom stereocenters. The van der Waals surface area contributed by atoms with Gasteiger partial charge >= 0.3 is 0 Å². The lowest BCUT2D eigenvalue weighted by Crippen LogP contribution is -1.93. The monoisotopic (exact) mass is 254 g/mol. The number of allylic oxidation sites excluding steroid dienone is 2. The third kappa shape index (κ3) is 9.46. The molecule has 0 fully saturated rings. The van der Waals surface area contributed by atoms with Crippen LogP contribution in [0.2, 0.25) is 0 Å². The summed E-state index contributed by atoms with van der Waals surface area (Å²) in [5, 5.41) is 0.394. The number of carbonyl (C=O) groups is 1. The van der Waals surface area contributed by atoms with Crippen molar-refractivity contribution in [2.24, 2.45) is 0 Å². The predicted octanol–water partition coefficient (Wildman–Crippen LogP) is 5.11. The standard InChI is InChI=1S/C15H26OS/c16-15-13-11-9-7-5-3-1-2-4-6-8-10-12-14-17-15/h8,10H,1-7,9,11-14H2. The summed E-state index contributed by atoms with van der Waals surface area (Å²) in [6.07, 6.45) is 18.1. The first-order valence-electron chi connectivity index (χ1n) is 7.20. The van der Waals surface area contributed by atoms with Crippen molar-refractivity contribution >= 4 is 16.9 Å². The fraction of sp³-hybridized carbons (Fsp3) is 0.800. The molecule has 0 unspecified atom stereocenters. The van der Waals surface area contributed by atoms with Gasteiger partial charge in [0.05, 0.1) is 0 Å². The zero-order valence-corrected chi connectivity index (χ0v) is 11.8. The summed E-state index contributed by atoms with van der Waals surface area (Å²) in [5.41, 5.74) is 0. The molecule has 0 spiro atoms. The van der Waals surface area contributed by atoms with E-state index in [0.717, 1.165) is 25.0 Å². The van der Waals surface area contributed by atoms with E-state index < -0.39 is 0 Å². The van der Waals surface area contributed by atoms with E-state index in [1.165, 1.54) is 63.1 Å². The van der Waals surface area contributed by atoms with Gasteiger partial charge in [-0.25, -0.2) is 0 Å². The van der Waals surface area contributed by atoms with Crippen LogP contribution in [-0.2, 0) is 4.79 Å². The Morgan fingerprint density at radius 2 is 1.35 bits per heavy atom. The minimum atomic E-state index is 0.394. The summed E-state index contributed by atoms with van der Waals surface area (Å²) in [7, 11) is 0. The van der Waals surface area contributed by atoms with Gasteiger partial charge in [0.2, 0.25) is 0 Å². The zero-order valence-electron chi connectivity index (χ0n) is 11.0. The van der Waals surface area contributed by atoms with Crippen LogP contribution in [0.3, 0.4) is 0 Å². The summed E-state index contributed by atoms with van der Waals surface area (Å²) in [6, 6.07) is 0. The molecule has 2 heteroatoms. The average Bonchev–Trinajstić information content (AvgIpc) is 2.32. The molecule has 1 nitrogen and oxygen atoms in total. The molecule has 0 N–H and O–H groups in total. The van der Waals surface area contributed by atoms with Crippen LogP contribution in [0, 0.1) is 0 Å². The van der Waals surface area contributed by atoms with Crippen LogP contribution in [0.15, 0.2) is 12.2 Å². The second-order valence-electron chi connectivity index (χ2n) is 4.85. The van der Waals surface area contributed by atoms with E-state index in [4.69, 9.17) is 0 Å². The van der Waals surface area contributed by atoms with E-state index in [0.29, 0.717) is 5.12 Å². The molecular weight excluding hydrogens is 228 g/mol. The Balaban J connectivity index is 2.19. The molecule has 0 amide bonds. The maximum absolute atomic E-state index is 11.5. The van der Waals surface area contributed by atoms with Crippen molar-refractivity contribution in [3.05, 3.63) is 12.2 Å². The molecule has 0 radical (unpaired) electrons. The van der Waals surface area contributed by atoms with Crippen molar-refractivity contribution in [1.29, 1.82) is 0 Å². The largest absolute Gasteiger partial charge is 0.287 e. The molecule has 1 aliphatic rings. The highest BCUT2D eigenvalue weighted by Crippen LogP contribution is 2.15. The first-order valence-corrected chi connectivity index (χ1v) is 8.19. The number of hydrogen-bond donors (Lipinski definition) is 0. The Kier molecular flexibility index (Phi) is 9.49. The van der Waals surface area contributed by atoms with E-state index >= 15 is 0 Å². The van der Waals surface area contributed by atoms with E-state index in [1.54, 1.807) is 0 Å². The zero-order chi connectivity index (χ0) is 12.2. The Hall–Kier alpha value is -0.240. The quantitative estimate of drug-likeness (QED) is 0.559. The molecular formula is C15H26OS. The van der Waals surface area contributed by atoms with Gasteiger partial charge in [0.1, 0.15) is 0 Å². The lowest BCUT2D eigenvalue weighted by molar-refractivity contribution is -0.111. The van der Waals surface area contributed by atoms with E-state index in [2.05, 4.69) is 12.2 Å². The molecule has 98 valence electrons. The topological polar surface area (TPSA) is 17.1 Å². The first-order chi connectivity index (χ1) is 8.39. The highest BCUT2D eigenvalue weighted by atomic mass is 32.2. The van der Waals surface area contributed by atoms with Gasteiger partial charge in [-0.1, -0.05) is 62.4 Å². The number of carbonyl (C=O) groups excluding carboxylic acids is 1. The van der Waals surface area contributed by atoms with Gasteiger partial charge in [0, 0.05) is 12.2 Å². The van der Waals surface area contributed by atoms with Gasteiger partial charge in [-0.15, -0.1) is 0 Å². The minimum absolute atomic E-state index is 0.394. The van der Waals surface area contributed by atoms with Crippen LogP contribution in [0.5, 0.6) is 0 Å². The van der Waals surface area contributed by atoms with Crippen LogP contribution >= 0.6 is 11.8 Å². The van der Waals surface area contributed by atoms with Crippen molar-refractivity contribution in [1.82, 2.24) is 0 Å². The molecule has 1 aliphatic heterocycles. The Bertz CT molecular complexity index is 223. The van der Waals surface area contributed by atoms with Crippen LogP contribution < -0.4 is 0 Å². The van der Waals surface area contributed by atoms with Crippen LogP contribution in [-0.4, -0.2) is 10.9 Å². The van der Waals surface area contributed by atoms with Gasteiger partial charge in [-0.3, -0.25) is 4.79 Å². The lowest BCUT2D eigenvalue weighted by atomic mass is 10.1. The van der Waals surface area contributed by atoms with Gasteiger partial charge in [-0.2, -0.15) is 0 Å². The fourth-order valence-electron chi connectivity index (χ4n) is 2.14. The third-order valence-electron chi connectivity index (χ3n) is 3.22. The molecule has 0 aromatic heterocycles. The second-order valence-corrected chi connectivity index (χ2v) is 6.00. The molecule has 17 heavy (non-hydrogen) atoms. The molecule has 0 aromatic carbocycles. The summed E-state index contributed by atoms with van der Waals surface area (Å²) >= 11 is 1.52. The van der Waals surface area contributed by atoms with Crippen LogP contribution in [0.4, 0.5) is 0 Å². The van der Waals surface area contributed by atoms with Gasteiger partial charge in [-0.05, 0) is 25.7 Å². The minimum Gasteiger partial charge on any atom is -0.287 e. The third-order valence-corrected chi connectivity index (χ3v) is 4.18. The van der Waals surface area contributed by atoms with Crippen LogP contribution in [0.25, 0.3) is 0 Å². The summed E-state index contributed by atoms with van der Waals surface area (Å²) in [6.45, 7) is 0. The highest BCUT2D eigenvalue weighted by Gasteiger charge is 2.01. The lowest BCUT2D eigenvalue weighted by Gasteiger charge is -2.03. The molecule has 0 aliphatic carbocycles. The summed E-state index contributed by atoms with van der Waals surface area (Å²) in [5.74, 6) is 0.968. The molecule has 0 saturated heterocycles. The SMILES string of the molecule is O=C1CCCCCCCCCCC=CCCS1. The molecule has 0 bridgehead atoms. The van der Waals surface area contributed by atoms with Crippen molar-refractivity contribution in [2.45, 2.75) is 70.6 Å². The van der Waals surface area contributed by atoms with E-state index in [-0.39, 0.29) is 0 Å². The van der Waals surface area contributed by atoms with Crippen molar-refractivity contribution in [3.63, 3.8) is 0 Å². The van der Waals surface area contributed by atoms with Gasteiger partial charge in [0.25, 0.3) is 0 Å². The van der Waals surface area contributed by atoms with Gasteiger partial charge in [0.15, 0.2) is 5.12 Å². The molecule has 1 rings (SSSR count). The number of thioether (sulfide) groups is 1. The van der Waals surface area contributed by atoms with E-state index in [1.807, 2.05) is 0 Å².